The first-order valence-electron chi connectivity index (χ1n) is 8.50. The highest BCUT2D eigenvalue weighted by Gasteiger charge is 2.29. The van der Waals surface area contributed by atoms with Crippen LogP contribution in [0.15, 0.2) is 18.3 Å². The second-order valence-corrected chi connectivity index (χ2v) is 7.56. The number of amides is 1. The minimum atomic E-state index is -0.462. The van der Waals surface area contributed by atoms with Gasteiger partial charge in [-0.1, -0.05) is 0 Å². The van der Waals surface area contributed by atoms with Crippen molar-refractivity contribution in [1.29, 1.82) is 0 Å². The van der Waals surface area contributed by atoms with Crippen LogP contribution in [0.5, 0.6) is 0 Å². The van der Waals surface area contributed by atoms with Crippen molar-refractivity contribution in [2.75, 3.05) is 13.1 Å². The van der Waals surface area contributed by atoms with E-state index >= 15 is 0 Å². The lowest BCUT2D eigenvalue weighted by Crippen LogP contribution is -2.42. The average molecular weight is 330 g/mol. The standard InChI is InChI=1S/C18H26N4O2/c1-12-8-15(19-10-12)16-9-14(20-21-16)13-6-5-7-22(11-13)17(23)24-18(2,3)4/h8-10,13,19H,5-7,11H2,1-4H3,(H,20,21)/t13-/m0/s1. The van der Waals surface area contributed by atoms with Crippen LogP contribution in [-0.4, -0.2) is 44.9 Å². The molecule has 0 radical (unpaired) electrons. The fourth-order valence-electron chi connectivity index (χ4n) is 3.06. The smallest absolute Gasteiger partial charge is 0.410 e. The molecule has 1 amide bonds. The summed E-state index contributed by atoms with van der Waals surface area (Å²) < 4.78 is 5.49. The number of piperidine rings is 1. The first kappa shape index (κ1) is 16.6. The molecule has 6 heteroatoms. The molecule has 0 spiro atoms. The van der Waals surface area contributed by atoms with Gasteiger partial charge in [0, 0.05) is 30.9 Å². The predicted molar refractivity (Wildman–Crippen MR) is 92.9 cm³/mol. The summed E-state index contributed by atoms with van der Waals surface area (Å²) in [6.07, 6.45) is 3.76. The predicted octanol–water partition coefficient (Wildman–Crippen LogP) is 3.83. The van der Waals surface area contributed by atoms with Gasteiger partial charge in [-0.15, -0.1) is 0 Å². The molecule has 2 aromatic heterocycles. The van der Waals surface area contributed by atoms with Crippen LogP contribution in [0, 0.1) is 6.92 Å². The van der Waals surface area contributed by atoms with Gasteiger partial charge in [0.2, 0.25) is 0 Å². The number of nitrogens with one attached hydrogen (secondary N) is 2. The van der Waals surface area contributed by atoms with Gasteiger partial charge in [-0.25, -0.2) is 4.79 Å². The van der Waals surface area contributed by atoms with Gasteiger partial charge >= 0.3 is 6.09 Å². The number of rotatable bonds is 2. The number of carbonyl (C=O) groups is 1. The molecule has 2 aromatic rings. The van der Waals surface area contributed by atoms with E-state index in [-0.39, 0.29) is 12.0 Å². The van der Waals surface area contributed by atoms with E-state index in [1.165, 1.54) is 5.56 Å². The van der Waals surface area contributed by atoms with Crippen molar-refractivity contribution in [3.63, 3.8) is 0 Å². The number of aromatic amines is 2. The molecule has 0 aliphatic carbocycles. The lowest BCUT2D eigenvalue weighted by Gasteiger charge is -2.33. The van der Waals surface area contributed by atoms with Gasteiger partial charge in [-0.2, -0.15) is 5.10 Å². The Bertz CT molecular complexity index is 711. The Labute approximate surface area is 142 Å². The largest absolute Gasteiger partial charge is 0.444 e. The third-order valence-corrected chi connectivity index (χ3v) is 4.21. The molecule has 0 unspecified atom stereocenters. The summed E-state index contributed by atoms with van der Waals surface area (Å²) in [5.74, 6) is 0.267. The maximum Gasteiger partial charge on any atom is 0.410 e. The van der Waals surface area contributed by atoms with E-state index in [0.717, 1.165) is 36.5 Å². The van der Waals surface area contributed by atoms with Crippen LogP contribution in [0.3, 0.4) is 0 Å². The molecular formula is C18H26N4O2. The fourth-order valence-corrected chi connectivity index (χ4v) is 3.06. The second-order valence-electron chi connectivity index (χ2n) is 7.56. The highest BCUT2D eigenvalue weighted by atomic mass is 16.6. The number of ether oxygens (including phenoxy) is 1. The summed E-state index contributed by atoms with van der Waals surface area (Å²) >= 11 is 0. The lowest BCUT2D eigenvalue weighted by atomic mass is 9.95. The van der Waals surface area contributed by atoms with Crippen LogP contribution in [0.2, 0.25) is 0 Å². The Balaban J connectivity index is 1.69. The van der Waals surface area contributed by atoms with Crippen molar-refractivity contribution >= 4 is 6.09 Å². The Morgan fingerprint density at radius 1 is 1.38 bits per heavy atom. The van der Waals surface area contributed by atoms with E-state index < -0.39 is 5.60 Å². The van der Waals surface area contributed by atoms with Crippen LogP contribution in [0.4, 0.5) is 4.79 Å². The van der Waals surface area contributed by atoms with Gasteiger partial charge in [0.05, 0.1) is 5.69 Å². The number of hydrogen-bond donors (Lipinski definition) is 2. The van der Waals surface area contributed by atoms with E-state index in [1.807, 2.05) is 33.9 Å². The quantitative estimate of drug-likeness (QED) is 0.879. The molecule has 2 N–H and O–H groups in total. The minimum Gasteiger partial charge on any atom is -0.444 e. The summed E-state index contributed by atoms with van der Waals surface area (Å²) in [6.45, 7) is 9.15. The maximum atomic E-state index is 12.3. The molecule has 0 saturated carbocycles. The Morgan fingerprint density at radius 3 is 2.83 bits per heavy atom. The molecule has 130 valence electrons. The third-order valence-electron chi connectivity index (χ3n) is 4.21. The van der Waals surface area contributed by atoms with Crippen LogP contribution in [0.1, 0.15) is 50.8 Å². The van der Waals surface area contributed by atoms with E-state index in [9.17, 15) is 4.79 Å². The minimum absolute atomic E-state index is 0.230. The molecule has 1 saturated heterocycles. The number of nitrogens with zero attached hydrogens (tertiary/aromatic N) is 2. The fraction of sp³-hybridized carbons (Fsp3) is 0.556. The molecule has 1 atom stereocenters. The van der Waals surface area contributed by atoms with Crippen molar-refractivity contribution in [3.05, 3.63) is 29.6 Å². The molecule has 6 nitrogen and oxygen atoms in total. The van der Waals surface area contributed by atoms with Crippen molar-refractivity contribution < 1.29 is 9.53 Å². The van der Waals surface area contributed by atoms with Gasteiger partial charge in [0.1, 0.15) is 11.3 Å². The van der Waals surface area contributed by atoms with E-state index in [1.54, 1.807) is 4.90 Å². The number of hydrogen-bond acceptors (Lipinski definition) is 3. The van der Waals surface area contributed by atoms with Crippen LogP contribution >= 0.6 is 0 Å². The van der Waals surface area contributed by atoms with Crippen molar-refractivity contribution in [2.24, 2.45) is 0 Å². The van der Waals surface area contributed by atoms with Gasteiger partial charge in [0.25, 0.3) is 0 Å². The van der Waals surface area contributed by atoms with Crippen LogP contribution in [-0.2, 0) is 4.74 Å². The van der Waals surface area contributed by atoms with Crippen molar-refractivity contribution in [3.8, 4) is 11.4 Å². The molecule has 24 heavy (non-hydrogen) atoms. The van der Waals surface area contributed by atoms with Crippen LogP contribution in [0.25, 0.3) is 11.4 Å². The van der Waals surface area contributed by atoms with Crippen LogP contribution < -0.4 is 0 Å². The summed E-state index contributed by atoms with van der Waals surface area (Å²) in [4.78, 5) is 17.3. The summed E-state index contributed by atoms with van der Waals surface area (Å²) in [5.41, 5.74) is 3.72. The van der Waals surface area contributed by atoms with E-state index in [0.29, 0.717) is 6.54 Å². The topological polar surface area (TPSA) is 74.0 Å². The zero-order valence-corrected chi connectivity index (χ0v) is 14.8. The summed E-state index contributed by atoms with van der Waals surface area (Å²) in [7, 11) is 0. The molecule has 1 aliphatic heterocycles. The summed E-state index contributed by atoms with van der Waals surface area (Å²) in [6, 6.07) is 4.16. The molecular weight excluding hydrogens is 304 g/mol. The van der Waals surface area contributed by atoms with Gasteiger partial charge in [0.15, 0.2) is 0 Å². The summed E-state index contributed by atoms with van der Waals surface area (Å²) in [5, 5.41) is 7.56. The first-order chi connectivity index (χ1) is 11.3. The zero-order chi connectivity index (χ0) is 17.3. The highest BCUT2D eigenvalue weighted by molar-refractivity contribution is 5.68. The molecule has 3 rings (SSSR count). The molecule has 0 bridgehead atoms. The van der Waals surface area contributed by atoms with E-state index in [4.69, 9.17) is 4.74 Å². The molecule has 0 aromatic carbocycles. The lowest BCUT2D eigenvalue weighted by molar-refractivity contribution is 0.0197. The Hall–Kier alpha value is -2.24. The Kier molecular flexibility index (Phi) is 4.39. The van der Waals surface area contributed by atoms with E-state index in [2.05, 4.69) is 27.3 Å². The molecule has 3 heterocycles. The van der Waals surface area contributed by atoms with Crippen molar-refractivity contribution in [2.45, 2.75) is 52.1 Å². The molecule has 1 fully saturated rings. The third kappa shape index (κ3) is 3.80. The highest BCUT2D eigenvalue weighted by Crippen LogP contribution is 2.29. The van der Waals surface area contributed by atoms with Gasteiger partial charge in [-0.3, -0.25) is 5.10 Å². The SMILES string of the molecule is Cc1c[nH]c(-c2cc([C@H]3CCCN(C(=O)OC(C)(C)C)C3)[nH]n2)c1. The van der Waals surface area contributed by atoms with Crippen molar-refractivity contribution in [1.82, 2.24) is 20.1 Å². The Morgan fingerprint density at radius 2 is 2.17 bits per heavy atom. The zero-order valence-electron chi connectivity index (χ0n) is 14.8. The monoisotopic (exact) mass is 330 g/mol. The average Bonchev–Trinajstić information content (AvgIpc) is 3.14. The molecule has 1 aliphatic rings. The van der Waals surface area contributed by atoms with Gasteiger partial charge < -0.3 is 14.6 Å². The number of H-pyrrole nitrogens is 2. The number of likely N-dealkylation sites (tertiary alicyclic amines) is 1. The number of aryl methyl sites for hydroxylation is 1. The van der Waals surface area contributed by atoms with Gasteiger partial charge in [-0.05, 0) is 58.2 Å². The second kappa shape index (κ2) is 6.34. The normalized spacial score (nSPS) is 18.7. The first-order valence-corrected chi connectivity index (χ1v) is 8.50. The maximum absolute atomic E-state index is 12.3. The number of carbonyl (C=O) groups excluding carboxylic acids is 1. The number of aromatic nitrogens is 3.